The summed E-state index contributed by atoms with van der Waals surface area (Å²) in [7, 11) is 0. The average molecular weight is 339 g/mol. The third kappa shape index (κ3) is 4.85. The molecular weight excluding hydrogens is 324 g/mol. The van der Waals surface area contributed by atoms with Crippen molar-refractivity contribution < 1.29 is 23.1 Å². The van der Waals surface area contributed by atoms with Crippen molar-refractivity contribution in [1.29, 1.82) is 0 Å². The number of aryl methyl sites for hydroxylation is 1. The van der Waals surface area contributed by atoms with Crippen molar-refractivity contribution in [3.05, 3.63) is 52.2 Å². The van der Waals surface area contributed by atoms with Crippen LogP contribution in [-0.2, 0) is 20.7 Å². The Balaban J connectivity index is 1.86. The number of carbonyl (C=O) groups excluding carboxylic acids is 2. The molecule has 0 saturated carbocycles. The number of ether oxygens (including phenoxy) is 1. The number of halogens is 2. The summed E-state index contributed by atoms with van der Waals surface area (Å²) in [6.07, 6.45) is -0.497. The molecule has 0 unspecified atom stereocenters. The number of hydrogen-bond donors (Lipinski definition) is 1. The van der Waals surface area contributed by atoms with Gasteiger partial charge in [0.25, 0.3) is 5.91 Å². The van der Waals surface area contributed by atoms with Gasteiger partial charge in [-0.3, -0.25) is 9.59 Å². The van der Waals surface area contributed by atoms with Gasteiger partial charge in [0.1, 0.15) is 17.3 Å². The molecule has 0 aliphatic heterocycles. The highest BCUT2D eigenvalue weighted by Gasteiger charge is 2.20. The van der Waals surface area contributed by atoms with Crippen molar-refractivity contribution in [1.82, 2.24) is 0 Å². The molecule has 0 spiro atoms. The monoisotopic (exact) mass is 339 g/mol. The summed E-state index contributed by atoms with van der Waals surface area (Å²) in [6.45, 7) is 1.34. The fraction of sp³-hybridized carbons (Fsp3) is 0.250. The van der Waals surface area contributed by atoms with Crippen molar-refractivity contribution in [3.8, 4) is 0 Å². The Labute approximate surface area is 136 Å². The molecule has 2 aromatic rings. The van der Waals surface area contributed by atoms with Crippen molar-refractivity contribution in [3.63, 3.8) is 0 Å². The van der Waals surface area contributed by atoms with E-state index in [1.807, 2.05) is 17.5 Å². The van der Waals surface area contributed by atoms with Gasteiger partial charge in [0.2, 0.25) is 0 Å². The Kier molecular flexibility index (Phi) is 5.81. The van der Waals surface area contributed by atoms with Gasteiger partial charge in [-0.25, -0.2) is 8.78 Å². The van der Waals surface area contributed by atoms with Gasteiger partial charge < -0.3 is 10.1 Å². The molecule has 2 rings (SSSR count). The van der Waals surface area contributed by atoms with Gasteiger partial charge in [-0.05, 0) is 36.9 Å². The van der Waals surface area contributed by atoms with Crippen LogP contribution in [0.4, 0.5) is 14.5 Å². The van der Waals surface area contributed by atoms with Crippen LogP contribution >= 0.6 is 11.3 Å². The van der Waals surface area contributed by atoms with Gasteiger partial charge in [-0.15, -0.1) is 11.3 Å². The lowest BCUT2D eigenvalue weighted by atomic mass is 10.2. The molecule has 23 heavy (non-hydrogen) atoms. The van der Waals surface area contributed by atoms with Gasteiger partial charge in [0.05, 0.1) is 6.42 Å². The number of hydrogen-bond acceptors (Lipinski definition) is 4. The number of nitrogens with one attached hydrogen (secondary N) is 1. The van der Waals surface area contributed by atoms with E-state index in [-0.39, 0.29) is 6.42 Å². The van der Waals surface area contributed by atoms with Gasteiger partial charge >= 0.3 is 5.97 Å². The zero-order valence-electron chi connectivity index (χ0n) is 12.3. The highest BCUT2D eigenvalue weighted by atomic mass is 32.1. The number of amides is 1. The number of esters is 1. The van der Waals surface area contributed by atoms with Crippen molar-refractivity contribution in [2.75, 3.05) is 5.32 Å². The number of rotatable bonds is 6. The molecule has 1 amide bonds. The second-order valence-corrected chi connectivity index (χ2v) is 5.83. The fourth-order valence-corrected chi connectivity index (χ4v) is 2.54. The van der Waals surface area contributed by atoms with Gasteiger partial charge in [-0.2, -0.15) is 0 Å². The standard InChI is InChI=1S/C16H15F2NO3S/c1-10(22-14(20)8-7-11-4-3-9-23-11)16(21)19-15-12(17)5-2-6-13(15)18/h2-6,9-10H,7-8H2,1H3,(H,19,21)/t10-/m0/s1. The summed E-state index contributed by atoms with van der Waals surface area (Å²) in [4.78, 5) is 24.6. The zero-order valence-corrected chi connectivity index (χ0v) is 13.2. The SMILES string of the molecule is C[C@H](OC(=O)CCc1cccs1)C(=O)Nc1c(F)cccc1F. The first kappa shape index (κ1) is 17.1. The van der Waals surface area contributed by atoms with Crippen LogP contribution in [0.15, 0.2) is 35.7 Å². The predicted octanol–water partition coefficient (Wildman–Crippen LogP) is 3.53. The van der Waals surface area contributed by atoms with E-state index in [0.717, 1.165) is 17.0 Å². The van der Waals surface area contributed by atoms with Crippen LogP contribution < -0.4 is 5.32 Å². The molecule has 0 saturated heterocycles. The summed E-state index contributed by atoms with van der Waals surface area (Å²) < 4.78 is 31.9. The van der Waals surface area contributed by atoms with E-state index >= 15 is 0 Å². The van der Waals surface area contributed by atoms with Gasteiger partial charge in [0, 0.05) is 4.88 Å². The quantitative estimate of drug-likeness (QED) is 0.819. The molecule has 0 radical (unpaired) electrons. The molecule has 7 heteroatoms. The lowest BCUT2D eigenvalue weighted by Crippen LogP contribution is -2.30. The number of benzene rings is 1. The summed E-state index contributed by atoms with van der Waals surface area (Å²) in [5, 5.41) is 3.99. The molecule has 0 aliphatic carbocycles. The van der Waals surface area contributed by atoms with Crippen LogP contribution in [0.5, 0.6) is 0 Å². The first-order valence-electron chi connectivity index (χ1n) is 6.94. The number of para-hydroxylation sites is 1. The van der Waals surface area contributed by atoms with Gasteiger partial charge in [-0.1, -0.05) is 12.1 Å². The van der Waals surface area contributed by atoms with Gasteiger partial charge in [0.15, 0.2) is 6.10 Å². The highest BCUT2D eigenvalue weighted by molar-refractivity contribution is 7.09. The van der Waals surface area contributed by atoms with E-state index in [1.165, 1.54) is 24.3 Å². The van der Waals surface area contributed by atoms with E-state index in [1.54, 1.807) is 0 Å². The Morgan fingerprint density at radius 3 is 2.52 bits per heavy atom. The van der Waals surface area contributed by atoms with E-state index in [2.05, 4.69) is 5.32 Å². The number of anilines is 1. The van der Waals surface area contributed by atoms with E-state index in [9.17, 15) is 18.4 Å². The van der Waals surface area contributed by atoms with E-state index in [0.29, 0.717) is 6.42 Å². The Morgan fingerprint density at radius 2 is 1.91 bits per heavy atom. The minimum absolute atomic E-state index is 0.131. The summed E-state index contributed by atoms with van der Waals surface area (Å²) in [5.41, 5.74) is -0.556. The molecule has 0 aliphatic rings. The second-order valence-electron chi connectivity index (χ2n) is 4.80. The third-order valence-corrected chi connectivity index (χ3v) is 3.98. The Morgan fingerprint density at radius 1 is 1.22 bits per heavy atom. The number of thiophene rings is 1. The van der Waals surface area contributed by atoms with E-state index in [4.69, 9.17) is 4.74 Å². The Bertz CT molecular complexity index is 668. The minimum atomic E-state index is -1.15. The molecule has 4 nitrogen and oxygen atoms in total. The topological polar surface area (TPSA) is 55.4 Å². The molecular formula is C16H15F2NO3S. The maximum absolute atomic E-state index is 13.5. The smallest absolute Gasteiger partial charge is 0.306 e. The largest absolute Gasteiger partial charge is 0.453 e. The summed E-state index contributed by atoms with van der Waals surface area (Å²) in [5.74, 6) is -3.13. The molecule has 0 bridgehead atoms. The summed E-state index contributed by atoms with van der Waals surface area (Å²) in [6, 6.07) is 7.01. The maximum Gasteiger partial charge on any atom is 0.306 e. The maximum atomic E-state index is 13.5. The van der Waals surface area contributed by atoms with Crippen LogP contribution in [0.3, 0.4) is 0 Å². The first-order chi connectivity index (χ1) is 11.0. The van der Waals surface area contributed by atoms with Crippen LogP contribution in [-0.4, -0.2) is 18.0 Å². The molecule has 1 aromatic carbocycles. The first-order valence-corrected chi connectivity index (χ1v) is 7.82. The lowest BCUT2D eigenvalue weighted by molar-refractivity contribution is -0.153. The fourth-order valence-electron chi connectivity index (χ4n) is 1.83. The molecule has 1 heterocycles. The molecule has 0 fully saturated rings. The normalized spacial score (nSPS) is 11.8. The molecule has 1 aromatic heterocycles. The van der Waals surface area contributed by atoms with Crippen LogP contribution in [0.25, 0.3) is 0 Å². The Hall–Kier alpha value is -2.28. The third-order valence-electron chi connectivity index (χ3n) is 3.04. The van der Waals surface area contributed by atoms with E-state index < -0.39 is 35.3 Å². The van der Waals surface area contributed by atoms with Crippen LogP contribution in [0, 0.1) is 11.6 Å². The molecule has 1 atom stereocenters. The number of carbonyl (C=O) groups is 2. The molecule has 1 N–H and O–H groups in total. The minimum Gasteiger partial charge on any atom is -0.453 e. The predicted molar refractivity (Wildman–Crippen MR) is 83.2 cm³/mol. The zero-order chi connectivity index (χ0) is 16.8. The lowest BCUT2D eigenvalue weighted by Gasteiger charge is -2.14. The average Bonchev–Trinajstić information content (AvgIpc) is 3.02. The molecule has 122 valence electrons. The van der Waals surface area contributed by atoms with Crippen LogP contribution in [0.1, 0.15) is 18.2 Å². The van der Waals surface area contributed by atoms with Crippen molar-refractivity contribution in [2.45, 2.75) is 25.9 Å². The highest BCUT2D eigenvalue weighted by Crippen LogP contribution is 2.18. The van der Waals surface area contributed by atoms with Crippen molar-refractivity contribution >= 4 is 28.9 Å². The van der Waals surface area contributed by atoms with Crippen molar-refractivity contribution in [2.24, 2.45) is 0 Å². The second kappa shape index (κ2) is 7.82. The summed E-state index contributed by atoms with van der Waals surface area (Å²) >= 11 is 1.52. The van der Waals surface area contributed by atoms with Crippen LogP contribution in [0.2, 0.25) is 0 Å².